The van der Waals surface area contributed by atoms with Crippen LogP contribution in [0.3, 0.4) is 0 Å². The molecule has 0 saturated carbocycles. The molecule has 1 saturated heterocycles. The van der Waals surface area contributed by atoms with Crippen LogP contribution in [0, 0.1) is 11.3 Å². The quantitative estimate of drug-likeness (QED) is 0.296. The third-order valence-corrected chi connectivity index (χ3v) is 4.49. The maximum absolute atomic E-state index is 12.1. The fraction of sp³-hybridized carbons (Fsp3) is 0.900. The molecule has 1 atom stereocenters. The van der Waals surface area contributed by atoms with Gasteiger partial charge in [0, 0.05) is 31.6 Å². The summed E-state index contributed by atoms with van der Waals surface area (Å²) in [7, 11) is 2.03. The van der Waals surface area contributed by atoms with Gasteiger partial charge in [0.1, 0.15) is 5.60 Å². The number of halogens is 1. The zero-order valence-electron chi connectivity index (χ0n) is 18.9. The van der Waals surface area contributed by atoms with Gasteiger partial charge in [-0.15, -0.1) is 24.0 Å². The molecule has 0 aliphatic carbocycles. The molecule has 1 aliphatic rings. The number of nitrogens with zero attached hydrogens (tertiary/aromatic N) is 2. The molecule has 1 aliphatic heterocycles. The van der Waals surface area contributed by atoms with Crippen LogP contribution in [0.2, 0.25) is 0 Å². The van der Waals surface area contributed by atoms with Gasteiger partial charge >= 0.3 is 6.09 Å². The lowest BCUT2D eigenvalue weighted by molar-refractivity contribution is -0.0945. The van der Waals surface area contributed by atoms with E-state index in [9.17, 15) is 4.79 Å². The molecule has 0 bridgehead atoms. The van der Waals surface area contributed by atoms with Gasteiger partial charge in [-0.3, -0.25) is 4.99 Å². The number of carbonyl (C=O) groups excluding carboxylic acids is 1. The topological polar surface area (TPSA) is 75.2 Å². The molecule has 28 heavy (non-hydrogen) atoms. The van der Waals surface area contributed by atoms with Crippen LogP contribution in [0.1, 0.15) is 54.9 Å². The van der Waals surface area contributed by atoms with E-state index in [1.54, 1.807) is 0 Å². The molecule has 1 heterocycles. The molecular weight excluding hydrogens is 471 g/mol. The van der Waals surface area contributed by atoms with Crippen LogP contribution in [0.5, 0.6) is 0 Å². The molecule has 166 valence electrons. The Morgan fingerprint density at radius 3 is 2.36 bits per heavy atom. The van der Waals surface area contributed by atoms with Gasteiger partial charge in [-0.25, -0.2) is 4.79 Å². The highest BCUT2D eigenvalue weighted by atomic mass is 127. The van der Waals surface area contributed by atoms with Crippen LogP contribution in [0.4, 0.5) is 4.79 Å². The average Bonchev–Trinajstić information content (AvgIpc) is 2.51. The van der Waals surface area contributed by atoms with Crippen LogP contribution in [-0.2, 0) is 9.47 Å². The van der Waals surface area contributed by atoms with Crippen molar-refractivity contribution < 1.29 is 14.3 Å². The minimum absolute atomic E-state index is 0. The number of hydrogen-bond acceptors (Lipinski definition) is 4. The highest BCUT2D eigenvalue weighted by molar-refractivity contribution is 14.0. The van der Waals surface area contributed by atoms with E-state index in [1.807, 2.05) is 27.8 Å². The Morgan fingerprint density at radius 1 is 1.32 bits per heavy atom. The normalized spacial score (nSPS) is 17.2. The maximum Gasteiger partial charge on any atom is 0.407 e. The second-order valence-corrected chi connectivity index (χ2v) is 9.18. The highest BCUT2D eigenvalue weighted by Gasteiger charge is 2.33. The molecule has 1 fully saturated rings. The molecule has 0 aromatic rings. The SMILES string of the molecule is CCNC(=NCC1(C)COC1)N(C)CCC(NC(=O)OC(C)(C)C)C(C)C.I. The predicted octanol–water partition coefficient (Wildman–Crippen LogP) is 3.48. The lowest BCUT2D eigenvalue weighted by Gasteiger charge is -2.37. The van der Waals surface area contributed by atoms with Crippen molar-refractivity contribution in [3.05, 3.63) is 0 Å². The first-order valence-corrected chi connectivity index (χ1v) is 10.0. The van der Waals surface area contributed by atoms with E-state index in [4.69, 9.17) is 14.5 Å². The third-order valence-electron chi connectivity index (χ3n) is 4.49. The third kappa shape index (κ3) is 10.1. The minimum Gasteiger partial charge on any atom is -0.444 e. The largest absolute Gasteiger partial charge is 0.444 e. The number of ether oxygens (including phenoxy) is 2. The first-order chi connectivity index (χ1) is 12.5. The number of hydrogen-bond donors (Lipinski definition) is 2. The smallest absolute Gasteiger partial charge is 0.407 e. The van der Waals surface area contributed by atoms with Crippen LogP contribution < -0.4 is 10.6 Å². The van der Waals surface area contributed by atoms with Gasteiger partial charge in [0.25, 0.3) is 0 Å². The van der Waals surface area contributed by atoms with Gasteiger partial charge in [-0.05, 0) is 40.0 Å². The zero-order chi connectivity index (χ0) is 20.7. The van der Waals surface area contributed by atoms with E-state index in [0.29, 0.717) is 5.92 Å². The summed E-state index contributed by atoms with van der Waals surface area (Å²) < 4.78 is 10.7. The predicted molar refractivity (Wildman–Crippen MR) is 126 cm³/mol. The summed E-state index contributed by atoms with van der Waals surface area (Å²) in [6.45, 7) is 18.0. The molecule has 8 heteroatoms. The van der Waals surface area contributed by atoms with Gasteiger partial charge in [0.05, 0.1) is 19.8 Å². The average molecular weight is 512 g/mol. The van der Waals surface area contributed by atoms with Gasteiger partial charge in [0.15, 0.2) is 5.96 Å². The van der Waals surface area contributed by atoms with Crippen LogP contribution in [0.25, 0.3) is 0 Å². The van der Waals surface area contributed by atoms with Gasteiger partial charge in [-0.1, -0.05) is 20.8 Å². The summed E-state index contributed by atoms with van der Waals surface area (Å²) in [6, 6.07) is 0.0442. The number of rotatable bonds is 8. The molecule has 1 unspecified atom stereocenters. The Labute approximate surface area is 188 Å². The maximum atomic E-state index is 12.1. The number of nitrogens with one attached hydrogen (secondary N) is 2. The van der Waals surface area contributed by atoms with Crippen molar-refractivity contribution >= 4 is 36.0 Å². The fourth-order valence-corrected chi connectivity index (χ4v) is 2.75. The van der Waals surface area contributed by atoms with Crippen molar-refractivity contribution in [2.45, 2.75) is 66.5 Å². The second kappa shape index (κ2) is 12.0. The van der Waals surface area contributed by atoms with Crippen molar-refractivity contribution in [1.82, 2.24) is 15.5 Å². The molecule has 2 N–H and O–H groups in total. The van der Waals surface area contributed by atoms with Gasteiger partial charge in [0.2, 0.25) is 0 Å². The Bertz CT molecular complexity index is 502. The Kier molecular flexibility index (Phi) is 11.7. The number of aliphatic imine (C=N–C) groups is 1. The summed E-state index contributed by atoms with van der Waals surface area (Å²) in [6.07, 6.45) is 0.459. The van der Waals surface area contributed by atoms with Crippen molar-refractivity contribution in [3.63, 3.8) is 0 Å². The van der Waals surface area contributed by atoms with E-state index >= 15 is 0 Å². The Morgan fingerprint density at radius 2 is 1.93 bits per heavy atom. The zero-order valence-corrected chi connectivity index (χ0v) is 21.3. The minimum atomic E-state index is -0.491. The first kappa shape index (κ1) is 27.2. The van der Waals surface area contributed by atoms with E-state index in [2.05, 4.69) is 43.2 Å². The number of amides is 1. The number of carbonyl (C=O) groups is 1. The van der Waals surface area contributed by atoms with E-state index in [1.165, 1.54) is 0 Å². The standard InChI is InChI=1S/C20H40N4O3.HI/c1-9-21-17(22-12-20(7)13-26-14-20)24(8)11-10-16(15(2)3)23-18(25)27-19(4,5)6;/h15-16H,9-14H2,1-8H3,(H,21,22)(H,23,25);1H. The lowest BCUT2D eigenvalue weighted by atomic mass is 9.89. The molecular formula is C20H41IN4O3. The van der Waals surface area contributed by atoms with Gasteiger partial charge in [-0.2, -0.15) is 0 Å². The molecule has 7 nitrogen and oxygen atoms in total. The number of guanidine groups is 1. The molecule has 1 amide bonds. The molecule has 0 radical (unpaired) electrons. The summed E-state index contributed by atoms with van der Waals surface area (Å²) in [5.74, 6) is 1.21. The van der Waals surface area contributed by atoms with E-state index < -0.39 is 5.60 Å². The van der Waals surface area contributed by atoms with Gasteiger partial charge < -0.3 is 25.0 Å². The number of alkyl carbamates (subject to hydrolysis) is 1. The van der Waals surface area contributed by atoms with E-state index in [0.717, 1.165) is 45.2 Å². The van der Waals surface area contributed by atoms with Crippen LogP contribution >= 0.6 is 24.0 Å². The molecule has 0 aromatic carbocycles. The Balaban J connectivity index is 0.00000729. The second-order valence-electron chi connectivity index (χ2n) is 9.18. The summed E-state index contributed by atoms with van der Waals surface area (Å²) >= 11 is 0. The molecule has 1 rings (SSSR count). The summed E-state index contributed by atoms with van der Waals surface area (Å²) in [5.41, 5.74) is -0.338. The van der Waals surface area contributed by atoms with Crippen molar-refractivity contribution in [2.75, 3.05) is 39.9 Å². The Hall–Kier alpha value is -0.770. The monoisotopic (exact) mass is 512 g/mol. The lowest BCUT2D eigenvalue weighted by Crippen LogP contribution is -2.46. The van der Waals surface area contributed by atoms with Crippen molar-refractivity contribution in [3.8, 4) is 0 Å². The van der Waals surface area contributed by atoms with Crippen LogP contribution in [0.15, 0.2) is 4.99 Å². The summed E-state index contributed by atoms with van der Waals surface area (Å²) in [5, 5.41) is 6.36. The van der Waals surface area contributed by atoms with Crippen molar-refractivity contribution in [1.29, 1.82) is 0 Å². The molecule has 0 spiro atoms. The van der Waals surface area contributed by atoms with E-state index in [-0.39, 0.29) is 41.5 Å². The van der Waals surface area contributed by atoms with Crippen molar-refractivity contribution in [2.24, 2.45) is 16.3 Å². The van der Waals surface area contributed by atoms with Crippen LogP contribution in [-0.4, -0.2) is 68.5 Å². The first-order valence-electron chi connectivity index (χ1n) is 10.0. The summed E-state index contributed by atoms with van der Waals surface area (Å²) in [4.78, 5) is 19.0. The fourth-order valence-electron chi connectivity index (χ4n) is 2.75. The molecule has 0 aromatic heterocycles. The highest BCUT2D eigenvalue weighted by Crippen LogP contribution is 2.26.